The monoisotopic (exact) mass is 391 g/mol. The Balaban J connectivity index is 2.10. The van der Waals surface area contributed by atoms with E-state index < -0.39 is 10.0 Å². The summed E-state index contributed by atoms with van der Waals surface area (Å²) in [4.78, 5) is 0.472. The smallest absolute Gasteiger partial charge is 0.244 e. The van der Waals surface area contributed by atoms with Crippen molar-refractivity contribution in [1.82, 2.24) is 4.31 Å². The minimum absolute atomic E-state index is 0.0258. The molecule has 0 aliphatic carbocycles. The van der Waals surface area contributed by atoms with Crippen molar-refractivity contribution < 1.29 is 13.2 Å². The molecule has 2 aliphatic rings. The fraction of sp³-hybridized carbons (Fsp3) is 0.636. The first-order valence-electron chi connectivity index (χ1n) is 9.90. The molecule has 0 saturated carbocycles. The average Bonchev–Trinajstić information content (AvgIpc) is 3.24. The van der Waals surface area contributed by atoms with Crippen LogP contribution in [0, 0.1) is 26.7 Å². The van der Waals surface area contributed by atoms with Crippen LogP contribution in [-0.2, 0) is 16.4 Å². The first kappa shape index (κ1) is 20.4. The largest absolute Gasteiger partial charge is 0.487 e. The predicted molar refractivity (Wildman–Crippen MR) is 110 cm³/mol. The van der Waals surface area contributed by atoms with E-state index in [1.165, 1.54) is 0 Å². The summed E-state index contributed by atoms with van der Waals surface area (Å²) >= 11 is 0. The first-order valence-corrected chi connectivity index (χ1v) is 11.3. The van der Waals surface area contributed by atoms with Gasteiger partial charge in [-0.25, -0.2) is 8.42 Å². The summed E-state index contributed by atoms with van der Waals surface area (Å²) in [5.74, 6) is 1.32. The Kier molecular flexibility index (Phi) is 5.01. The molecule has 3 rings (SSSR count). The number of benzene rings is 1. The maximum Gasteiger partial charge on any atom is 0.244 e. The highest BCUT2D eigenvalue weighted by atomic mass is 32.2. The summed E-state index contributed by atoms with van der Waals surface area (Å²) in [6.45, 7) is 18.1. The molecule has 1 aromatic carbocycles. The Hall–Kier alpha value is -1.33. The number of sulfonamides is 1. The molecule has 1 fully saturated rings. The van der Waals surface area contributed by atoms with Crippen LogP contribution in [-0.4, -0.2) is 30.4 Å². The van der Waals surface area contributed by atoms with Crippen LogP contribution in [0.25, 0.3) is 0 Å². The van der Waals surface area contributed by atoms with Gasteiger partial charge < -0.3 is 4.74 Å². The second kappa shape index (κ2) is 6.63. The maximum atomic E-state index is 13.6. The minimum Gasteiger partial charge on any atom is -0.487 e. The number of ether oxygens (including phenoxy) is 1. The highest BCUT2D eigenvalue weighted by Crippen LogP contribution is 2.46. The summed E-state index contributed by atoms with van der Waals surface area (Å²) in [5.41, 5.74) is 3.43. The van der Waals surface area contributed by atoms with Crippen LogP contribution in [0.15, 0.2) is 17.6 Å². The van der Waals surface area contributed by atoms with E-state index in [1.807, 2.05) is 20.8 Å². The Morgan fingerprint density at radius 1 is 1.22 bits per heavy atom. The van der Waals surface area contributed by atoms with Gasteiger partial charge in [0.1, 0.15) is 11.4 Å². The summed E-state index contributed by atoms with van der Waals surface area (Å²) in [7, 11) is -3.56. The molecule has 2 aliphatic heterocycles. The molecule has 5 heteroatoms. The zero-order valence-electron chi connectivity index (χ0n) is 17.7. The molecule has 1 unspecified atom stereocenters. The summed E-state index contributed by atoms with van der Waals surface area (Å²) in [6.07, 6.45) is 4.36. The number of fused-ring (bicyclic) bond motifs is 1. The van der Waals surface area contributed by atoms with Gasteiger partial charge in [-0.2, -0.15) is 4.31 Å². The molecule has 0 bridgehead atoms. The standard InChI is InChI=1S/C22H33NO3S/c1-9-18-19(12-13(2)3)23(18)27(24,25)21-15(5)14(4)20-17(16(21)6)10-11-22(7,8)26-20/h9,13,18-19H,1,10-12H2,2-8H3/t18-,19+,23?/m1/s1. The van der Waals surface area contributed by atoms with E-state index in [9.17, 15) is 8.42 Å². The number of hydrogen-bond acceptors (Lipinski definition) is 3. The first-order chi connectivity index (χ1) is 12.4. The topological polar surface area (TPSA) is 46.4 Å². The van der Waals surface area contributed by atoms with Crippen LogP contribution in [0.4, 0.5) is 0 Å². The number of hydrogen-bond donors (Lipinski definition) is 0. The van der Waals surface area contributed by atoms with Gasteiger partial charge in [0.25, 0.3) is 0 Å². The summed E-state index contributed by atoms with van der Waals surface area (Å²) < 4.78 is 35.1. The lowest BCUT2D eigenvalue weighted by Gasteiger charge is -2.35. The van der Waals surface area contributed by atoms with Crippen molar-refractivity contribution in [3.8, 4) is 5.75 Å². The fourth-order valence-corrected chi connectivity index (χ4v) is 6.76. The number of nitrogens with zero attached hydrogens (tertiary/aromatic N) is 1. The second-order valence-corrected chi connectivity index (χ2v) is 10.9. The maximum absolute atomic E-state index is 13.6. The van der Waals surface area contributed by atoms with Crippen molar-refractivity contribution in [2.75, 3.05) is 0 Å². The Labute approximate surface area is 164 Å². The molecule has 0 spiro atoms. The van der Waals surface area contributed by atoms with Gasteiger partial charge in [-0.3, -0.25) is 0 Å². The van der Waals surface area contributed by atoms with E-state index in [4.69, 9.17) is 4.74 Å². The molecule has 2 heterocycles. The fourth-order valence-electron chi connectivity index (χ4n) is 4.44. The van der Waals surface area contributed by atoms with Gasteiger partial charge >= 0.3 is 0 Å². The zero-order valence-corrected chi connectivity index (χ0v) is 18.5. The van der Waals surface area contributed by atoms with Crippen molar-refractivity contribution in [1.29, 1.82) is 0 Å². The highest BCUT2D eigenvalue weighted by molar-refractivity contribution is 7.89. The van der Waals surface area contributed by atoms with Crippen LogP contribution >= 0.6 is 0 Å². The van der Waals surface area contributed by atoms with Gasteiger partial charge in [0, 0.05) is 6.04 Å². The van der Waals surface area contributed by atoms with E-state index in [2.05, 4.69) is 34.3 Å². The third-order valence-corrected chi connectivity index (χ3v) is 8.28. The van der Waals surface area contributed by atoms with E-state index in [0.717, 1.165) is 47.3 Å². The SMILES string of the molecule is C=C[C@@H]1[C@H](CC(C)C)N1S(=O)(=O)c1c(C)c(C)c2c(c1C)CCC(C)(C)O2. The van der Waals surface area contributed by atoms with Gasteiger partial charge in [0.2, 0.25) is 10.0 Å². The normalized spacial score (nSPS) is 26.4. The quantitative estimate of drug-likeness (QED) is 0.540. The highest BCUT2D eigenvalue weighted by Gasteiger charge is 2.54. The summed E-state index contributed by atoms with van der Waals surface area (Å²) in [6, 6.07) is -0.0689. The van der Waals surface area contributed by atoms with Crippen LogP contribution in [0.5, 0.6) is 5.75 Å². The van der Waals surface area contributed by atoms with E-state index in [-0.39, 0.29) is 17.7 Å². The molecule has 1 aromatic rings. The van der Waals surface area contributed by atoms with Crippen molar-refractivity contribution in [2.24, 2.45) is 5.92 Å². The zero-order chi connectivity index (χ0) is 20.3. The third kappa shape index (κ3) is 3.33. The van der Waals surface area contributed by atoms with E-state index in [0.29, 0.717) is 10.8 Å². The average molecular weight is 392 g/mol. The van der Waals surface area contributed by atoms with Crippen molar-refractivity contribution in [3.63, 3.8) is 0 Å². The molecule has 0 radical (unpaired) electrons. The molecule has 4 nitrogen and oxygen atoms in total. The Morgan fingerprint density at radius 3 is 2.41 bits per heavy atom. The molecule has 0 aromatic heterocycles. The molecular weight excluding hydrogens is 358 g/mol. The molecule has 1 saturated heterocycles. The van der Waals surface area contributed by atoms with Gasteiger partial charge in [-0.05, 0) is 82.1 Å². The third-order valence-electron chi connectivity index (χ3n) is 6.08. The molecule has 0 N–H and O–H groups in total. The molecular formula is C22H33NO3S. The van der Waals surface area contributed by atoms with Crippen molar-refractivity contribution >= 4 is 10.0 Å². The van der Waals surface area contributed by atoms with Crippen LogP contribution in [0.3, 0.4) is 0 Å². The lowest BCUT2D eigenvalue weighted by Crippen LogP contribution is -2.34. The predicted octanol–water partition coefficient (Wildman–Crippen LogP) is 4.69. The molecule has 27 heavy (non-hydrogen) atoms. The lowest BCUT2D eigenvalue weighted by atomic mass is 9.88. The van der Waals surface area contributed by atoms with Gasteiger partial charge in [-0.15, -0.1) is 6.58 Å². The minimum atomic E-state index is -3.56. The number of rotatable bonds is 5. The van der Waals surface area contributed by atoms with Crippen molar-refractivity contribution in [3.05, 3.63) is 34.9 Å². The molecule has 150 valence electrons. The molecule has 0 amide bonds. The van der Waals surface area contributed by atoms with Crippen LogP contribution < -0.4 is 4.74 Å². The Bertz CT molecular complexity index is 884. The molecule has 3 atom stereocenters. The van der Waals surface area contributed by atoms with Crippen molar-refractivity contribution in [2.45, 2.75) is 90.3 Å². The van der Waals surface area contributed by atoms with Gasteiger partial charge in [-0.1, -0.05) is 19.9 Å². The van der Waals surface area contributed by atoms with Crippen LogP contribution in [0.2, 0.25) is 0 Å². The summed E-state index contributed by atoms with van der Waals surface area (Å²) in [5, 5.41) is 0. The van der Waals surface area contributed by atoms with Gasteiger partial charge in [0.15, 0.2) is 0 Å². The van der Waals surface area contributed by atoms with E-state index in [1.54, 1.807) is 10.4 Å². The Morgan fingerprint density at radius 2 is 1.85 bits per heavy atom. The lowest BCUT2D eigenvalue weighted by molar-refractivity contribution is 0.0832. The second-order valence-electron chi connectivity index (χ2n) is 9.13. The van der Waals surface area contributed by atoms with Gasteiger partial charge in [0.05, 0.1) is 10.9 Å². The van der Waals surface area contributed by atoms with E-state index >= 15 is 0 Å². The van der Waals surface area contributed by atoms with Crippen LogP contribution in [0.1, 0.15) is 62.8 Å².